The van der Waals surface area contributed by atoms with Crippen LogP contribution >= 0.6 is 0 Å². The van der Waals surface area contributed by atoms with Gasteiger partial charge in [-0.3, -0.25) is 9.59 Å². The van der Waals surface area contributed by atoms with Crippen molar-refractivity contribution in [3.63, 3.8) is 0 Å². The number of rotatable bonds is 8. The maximum absolute atomic E-state index is 13.0. The van der Waals surface area contributed by atoms with Gasteiger partial charge in [0.25, 0.3) is 11.8 Å². The van der Waals surface area contributed by atoms with E-state index in [1.165, 1.54) is 17.7 Å². The summed E-state index contributed by atoms with van der Waals surface area (Å²) in [6.45, 7) is 7.93. The molecule has 2 aromatic rings. The molecule has 1 saturated heterocycles. The highest BCUT2D eigenvalue weighted by atomic mass is 19.1. The Bertz CT molecular complexity index is 850. The molecule has 4 N–H and O–H groups in total. The summed E-state index contributed by atoms with van der Waals surface area (Å²) < 4.78 is 13.0. The number of nitrogens with two attached hydrogens (primary N) is 1. The average Bonchev–Trinajstić information content (AvgIpc) is 2.76. The van der Waals surface area contributed by atoms with Crippen molar-refractivity contribution in [2.75, 3.05) is 44.6 Å². The number of nitrogens with zero attached hydrogens (tertiary/aromatic N) is 1. The topological polar surface area (TPSA) is 70.5 Å². The zero-order valence-electron chi connectivity index (χ0n) is 18.3. The Hall–Kier alpha value is -2.77. The Morgan fingerprint density at radius 2 is 1.71 bits per heavy atom. The summed E-state index contributed by atoms with van der Waals surface area (Å²) in [7, 11) is 0. The Balaban J connectivity index is 1.42. The molecule has 2 amide bonds. The van der Waals surface area contributed by atoms with Crippen molar-refractivity contribution in [3.05, 3.63) is 66.0 Å². The fourth-order valence-corrected chi connectivity index (χ4v) is 4.04. The van der Waals surface area contributed by atoms with Crippen molar-refractivity contribution in [2.45, 2.75) is 19.9 Å². The number of halogens is 1. The number of hydrogen-bond donors (Lipinski definition) is 3. The predicted octanol–water partition coefficient (Wildman–Crippen LogP) is 0.452. The number of anilines is 1. The zero-order valence-corrected chi connectivity index (χ0v) is 18.3. The minimum absolute atomic E-state index is 0.0997. The van der Waals surface area contributed by atoms with Crippen molar-refractivity contribution in [1.29, 1.82) is 0 Å². The van der Waals surface area contributed by atoms with E-state index in [0.29, 0.717) is 37.8 Å². The third-order valence-electron chi connectivity index (χ3n) is 5.81. The highest BCUT2D eigenvalue weighted by Crippen LogP contribution is 2.16. The highest BCUT2D eigenvalue weighted by Gasteiger charge is 2.27. The van der Waals surface area contributed by atoms with Crippen LogP contribution in [0.25, 0.3) is 0 Å². The molecule has 0 unspecified atom stereocenters. The lowest BCUT2D eigenvalue weighted by atomic mass is 9.96. The summed E-state index contributed by atoms with van der Waals surface area (Å²) in [4.78, 5) is 28.0. The SMILES string of the molecule is CC(C)[C@H]([NH2+]CC(=O)N1CC[NH+](CC(=O)Nc2ccc(F)cc2)CC1)c1ccccc1. The van der Waals surface area contributed by atoms with Crippen LogP contribution in [0.3, 0.4) is 0 Å². The maximum Gasteiger partial charge on any atom is 0.279 e. The fourth-order valence-electron chi connectivity index (χ4n) is 4.04. The molecule has 1 atom stereocenters. The van der Waals surface area contributed by atoms with Gasteiger partial charge in [-0.05, 0) is 24.3 Å². The number of piperazine rings is 1. The minimum Gasteiger partial charge on any atom is -0.332 e. The van der Waals surface area contributed by atoms with Crippen LogP contribution in [0, 0.1) is 11.7 Å². The van der Waals surface area contributed by atoms with E-state index >= 15 is 0 Å². The van der Waals surface area contributed by atoms with Crippen LogP contribution in [-0.2, 0) is 9.59 Å². The van der Waals surface area contributed by atoms with Crippen LogP contribution in [0.15, 0.2) is 54.6 Å². The van der Waals surface area contributed by atoms with E-state index in [1.54, 1.807) is 12.1 Å². The molecule has 166 valence electrons. The van der Waals surface area contributed by atoms with E-state index in [4.69, 9.17) is 0 Å². The van der Waals surface area contributed by atoms with Crippen LogP contribution in [0.5, 0.6) is 0 Å². The molecule has 7 heteroatoms. The quantitative estimate of drug-likeness (QED) is 0.572. The average molecular weight is 429 g/mol. The van der Waals surface area contributed by atoms with Crippen LogP contribution in [0.1, 0.15) is 25.5 Å². The Kier molecular flexibility index (Phi) is 8.14. The van der Waals surface area contributed by atoms with Crippen LogP contribution in [0.4, 0.5) is 10.1 Å². The highest BCUT2D eigenvalue weighted by molar-refractivity contribution is 5.91. The summed E-state index contributed by atoms with van der Waals surface area (Å²) in [5.41, 5.74) is 1.83. The molecule has 0 bridgehead atoms. The van der Waals surface area contributed by atoms with Gasteiger partial charge in [0.1, 0.15) is 11.9 Å². The van der Waals surface area contributed by atoms with Crippen molar-refractivity contribution in [1.82, 2.24) is 4.90 Å². The van der Waals surface area contributed by atoms with Crippen LogP contribution < -0.4 is 15.5 Å². The van der Waals surface area contributed by atoms with Crippen LogP contribution in [0.2, 0.25) is 0 Å². The molecule has 6 nitrogen and oxygen atoms in total. The first-order chi connectivity index (χ1) is 14.9. The van der Waals surface area contributed by atoms with Crippen LogP contribution in [-0.4, -0.2) is 56.0 Å². The molecular weight excluding hydrogens is 395 g/mol. The molecule has 1 fully saturated rings. The first-order valence-corrected chi connectivity index (χ1v) is 11.0. The molecule has 0 aliphatic carbocycles. The number of carbonyl (C=O) groups is 2. The lowest BCUT2D eigenvalue weighted by Crippen LogP contribution is -3.15. The molecule has 2 aromatic carbocycles. The van der Waals surface area contributed by atoms with Gasteiger partial charge in [0.05, 0.1) is 26.2 Å². The molecule has 1 aliphatic heterocycles. The molecule has 1 aliphatic rings. The van der Waals surface area contributed by atoms with E-state index in [2.05, 4.69) is 36.6 Å². The third kappa shape index (κ3) is 6.87. The van der Waals surface area contributed by atoms with Gasteiger partial charge in [0.2, 0.25) is 0 Å². The summed E-state index contributed by atoms with van der Waals surface area (Å²) in [6, 6.07) is 16.3. The second kappa shape index (κ2) is 11.0. The molecule has 0 spiro atoms. The van der Waals surface area contributed by atoms with Gasteiger partial charge in [-0.1, -0.05) is 44.2 Å². The van der Waals surface area contributed by atoms with E-state index in [9.17, 15) is 14.0 Å². The Labute approximate surface area is 183 Å². The normalized spacial score (nSPS) is 15.7. The number of carbonyl (C=O) groups excluding carboxylic acids is 2. The number of quaternary nitrogens is 2. The summed E-state index contributed by atoms with van der Waals surface area (Å²) in [5.74, 6) is 0.148. The Morgan fingerprint density at radius 1 is 1.06 bits per heavy atom. The first kappa shape index (κ1) is 22.9. The largest absolute Gasteiger partial charge is 0.332 e. The second-order valence-corrected chi connectivity index (χ2v) is 8.48. The van der Waals surface area contributed by atoms with Crippen molar-refractivity contribution in [2.24, 2.45) is 5.92 Å². The monoisotopic (exact) mass is 428 g/mol. The summed E-state index contributed by atoms with van der Waals surface area (Å²) in [5, 5.41) is 4.93. The molecule has 3 rings (SSSR count). The van der Waals surface area contributed by atoms with Gasteiger partial charge in [0.15, 0.2) is 13.1 Å². The molecule has 0 saturated carbocycles. The summed E-state index contributed by atoms with van der Waals surface area (Å²) in [6.07, 6.45) is 0. The standard InChI is InChI=1S/C24H31FN4O2/c1-18(2)24(19-6-4-3-5-7-19)26-16-23(31)29-14-12-28(13-15-29)17-22(30)27-21-10-8-20(25)9-11-21/h3-11,18,24,26H,12-17H2,1-2H3,(H,27,30)/p+2/t24-/m0/s1. The fraction of sp³-hybridized carbons (Fsp3) is 0.417. The van der Waals surface area contributed by atoms with E-state index in [0.717, 1.165) is 18.0 Å². The van der Waals surface area contributed by atoms with E-state index < -0.39 is 0 Å². The molecular formula is C24H33FN4O2+2. The van der Waals surface area contributed by atoms with Gasteiger partial charge in [0, 0.05) is 17.2 Å². The third-order valence-corrected chi connectivity index (χ3v) is 5.81. The van der Waals surface area contributed by atoms with Gasteiger partial charge in [-0.15, -0.1) is 0 Å². The minimum atomic E-state index is -0.329. The second-order valence-electron chi connectivity index (χ2n) is 8.48. The number of amides is 2. The predicted molar refractivity (Wildman–Crippen MR) is 118 cm³/mol. The lowest BCUT2D eigenvalue weighted by Gasteiger charge is -2.32. The van der Waals surface area contributed by atoms with Crippen molar-refractivity contribution >= 4 is 17.5 Å². The number of hydrogen-bond acceptors (Lipinski definition) is 2. The lowest BCUT2D eigenvalue weighted by molar-refractivity contribution is -0.895. The molecule has 1 heterocycles. The van der Waals surface area contributed by atoms with E-state index in [1.807, 2.05) is 23.1 Å². The van der Waals surface area contributed by atoms with Gasteiger partial charge in [-0.25, -0.2) is 4.39 Å². The Morgan fingerprint density at radius 3 is 2.32 bits per heavy atom. The van der Waals surface area contributed by atoms with Crippen molar-refractivity contribution in [3.8, 4) is 0 Å². The zero-order chi connectivity index (χ0) is 22.2. The van der Waals surface area contributed by atoms with Gasteiger partial charge in [-0.2, -0.15) is 0 Å². The maximum atomic E-state index is 13.0. The van der Waals surface area contributed by atoms with Gasteiger partial charge < -0.3 is 20.4 Å². The number of benzene rings is 2. The smallest absolute Gasteiger partial charge is 0.279 e. The summed E-state index contributed by atoms with van der Waals surface area (Å²) >= 11 is 0. The first-order valence-electron chi connectivity index (χ1n) is 11.0. The molecule has 31 heavy (non-hydrogen) atoms. The number of nitrogens with one attached hydrogen (secondary N) is 2. The molecule has 0 radical (unpaired) electrons. The van der Waals surface area contributed by atoms with E-state index in [-0.39, 0.29) is 23.7 Å². The van der Waals surface area contributed by atoms with Gasteiger partial charge >= 0.3 is 0 Å². The van der Waals surface area contributed by atoms with Crippen molar-refractivity contribution < 1.29 is 24.2 Å². The molecule has 0 aromatic heterocycles.